The fourth-order valence-corrected chi connectivity index (χ4v) is 1.91. The lowest BCUT2D eigenvalue weighted by molar-refractivity contribution is 0.147. The van der Waals surface area contributed by atoms with Crippen molar-refractivity contribution in [2.24, 2.45) is 7.05 Å². The largest absolute Gasteiger partial charge is 0.381 e. The van der Waals surface area contributed by atoms with Gasteiger partial charge in [0.05, 0.1) is 25.1 Å². The normalized spacial score (nSPS) is 16.5. The van der Waals surface area contributed by atoms with Gasteiger partial charge in [0.25, 0.3) is 0 Å². The number of aromatic nitrogens is 2. The molecule has 0 unspecified atom stereocenters. The minimum absolute atomic E-state index is 0. The Labute approximate surface area is 102 Å². The summed E-state index contributed by atoms with van der Waals surface area (Å²) >= 11 is 0. The Morgan fingerprint density at radius 1 is 1.59 bits per heavy atom. The van der Waals surface area contributed by atoms with Crippen molar-refractivity contribution >= 4 is 5.71 Å². The molecule has 0 bridgehead atoms. The summed E-state index contributed by atoms with van der Waals surface area (Å²) < 4.78 is 7.08. The summed E-state index contributed by atoms with van der Waals surface area (Å²) in [5.74, 6) is 2.68. The van der Waals surface area contributed by atoms with Crippen LogP contribution in [0.3, 0.4) is 0 Å². The zero-order chi connectivity index (χ0) is 12.3. The maximum atomic E-state index is 8.21. The van der Waals surface area contributed by atoms with E-state index in [1.807, 2.05) is 13.2 Å². The second-order valence-corrected chi connectivity index (χ2v) is 3.99. The minimum atomic E-state index is 0. The van der Waals surface area contributed by atoms with Gasteiger partial charge in [0.1, 0.15) is 0 Å². The highest BCUT2D eigenvalue weighted by Gasteiger charge is 2.16. The van der Waals surface area contributed by atoms with Crippen LogP contribution < -0.4 is 0 Å². The van der Waals surface area contributed by atoms with E-state index in [1.54, 1.807) is 10.9 Å². The van der Waals surface area contributed by atoms with E-state index in [1.165, 1.54) is 0 Å². The highest BCUT2D eigenvalue weighted by Crippen LogP contribution is 2.20. The third-order valence-corrected chi connectivity index (χ3v) is 2.83. The van der Waals surface area contributed by atoms with E-state index in [2.05, 4.69) is 11.0 Å². The van der Waals surface area contributed by atoms with Crippen molar-refractivity contribution < 1.29 is 6.16 Å². The molecule has 1 N–H and O–H groups in total. The van der Waals surface area contributed by atoms with E-state index < -0.39 is 0 Å². The van der Waals surface area contributed by atoms with Crippen LogP contribution in [0.1, 0.15) is 19.8 Å². The molecule has 0 saturated heterocycles. The minimum Gasteiger partial charge on any atom is -0.381 e. The number of rotatable bonds is 2. The lowest BCUT2D eigenvalue weighted by Crippen LogP contribution is -2.06. The molecule has 1 aromatic rings. The maximum Gasteiger partial charge on any atom is 0.0685 e. The van der Waals surface area contributed by atoms with Gasteiger partial charge in [-0.15, -0.1) is 6.42 Å². The molecule has 1 aliphatic heterocycles. The van der Waals surface area contributed by atoms with Crippen LogP contribution in [0.15, 0.2) is 23.5 Å². The van der Waals surface area contributed by atoms with E-state index >= 15 is 0 Å². The number of hydrogen-bond donors (Lipinski definition) is 1. The molecule has 0 radical (unpaired) electrons. The molecule has 0 fully saturated rings. The van der Waals surface area contributed by atoms with Gasteiger partial charge in [0.2, 0.25) is 0 Å². The summed E-state index contributed by atoms with van der Waals surface area (Å²) in [6.45, 7) is 1.27. The van der Waals surface area contributed by atoms with Crippen molar-refractivity contribution in [2.75, 3.05) is 13.2 Å². The smallest absolute Gasteiger partial charge is 0.0685 e. The van der Waals surface area contributed by atoms with Gasteiger partial charge in [-0.2, -0.15) is 5.10 Å². The Bertz CT molecular complexity index is 511. The molecule has 4 nitrogen and oxygen atoms in total. The van der Waals surface area contributed by atoms with Crippen LogP contribution >= 0.6 is 0 Å². The first kappa shape index (κ1) is 11.6. The second-order valence-electron chi connectivity index (χ2n) is 3.99. The first-order chi connectivity index (χ1) is 8.22. The van der Waals surface area contributed by atoms with E-state index in [4.69, 9.17) is 16.6 Å². The molecular formula is C13H17N3O. The average molecular weight is 231 g/mol. The molecule has 2 heterocycles. The van der Waals surface area contributed by atoms with Gasteiger partial charge >= 0.3 is 0 Å². The summed E-state index contributed by atoms with van der Waals surface area (Å²) in [7, 11) is 1.84. The summed E-state index contributed by atoms with van der Waals surface area (Å²) in [4.78, 5) is 0. The standard InChI is InChI=1S/C13H15N3O.H2/c1-3-10-4-6-17-7-5-12(10)13(14)11-8-15-16(2)9-11;/h1,8-9,14H,4-7H2,2H3;1H. The number of nitrogens with one attached hydrogen (secondary N) is 1. The van der Waals surface area contributed by atoms with Crippen LogP contribution in [0.2, 0.25) is 0 Å². The van der Waals surface area contributed by atoms with E-state index in [0.717, 1.165) is 16.7 Å². The predicted octanol–water partition coefficient (Wildman–Crippen LogP) is 1.77. The molecule has 0 saturated carbocycles. The highest BCUT2D eigenvalue weighted by molar-refractivity contribution is 6.11. The second kappa shape index (κ2) is 4.98. The van der Waals surface area contributed by atoms with Gasteiger partial charge in [-0.25, -0.2) is 0 Å². The third kappa shape index (κ3) is 2.45. The number of nitrogens with zero attached hydrogens (tertiary/aromatic N) is 2. The lowest BCUT2D eigenvalue weighted by atomic mass is 9.96. The van der Waals surface area contributed by atoms with Crippen molar-refractivity contribution in [2.45, 2.75) is 12.8 Å². The third-order valence-electron chi connectivity index (χ3n) is 2.83. The summed E-state index contributed by atoms with van der Waals surface area (Å²) in [5.41, 5.74) is 3.07. The molecule has 4 heteroatoms. The highest BCUT2D eigenvalue weighted by atomic mass is 16.5. The maximum absolute atomic E-state index is 8.21. The SMILES string of the molecule is C#CC1=C(C(=N)c2cnn(C)c2)CCOCC1.[HH]. The number of terminal acetylenes is 1. The molecule has 0 amide bonds. The Kier molecular flexibility index (Phi) is 3.40. The molecule has 0 aromatic carbocycles. The molecule has 1 aromatic heterocycles. The Hall–Kier alpha value is -1.86. The summed E-state index contributed by atoms with van der Waals surface area (Å²) in [6, 6.07) is 0. The van der Waals surface area contributed by atoms with Crippen LogP contribution in [0, 0.1) is 17.8 Å². The van der Waals surface area contributed by atoms with E-state index in [-0.39, 0.29) is 1.43 Å². The van der Waals surface area contributed by atoms with Gasteiger partial charge in [-0.05, 0) is 12.0 Å². The van der Waals surface area contributed by atoms with Gasteiger partial charge < -0.3 is 4.74 Å². The molecule has 1 aliphatic rings. The van der Waals surface area contributed by atoms with E-state index in [9.17, 15) is 0 Å². The molecule has 0 aliphatic carbocycles. The van der Waals surface area contributed by atoms with Crippen LogP contribution in [0.5, 0.6) is 0 Å². The Morgan fingerprint density at radius 3 is 3.00 bits per heavy atom. The van der Waals surface area contributed by atoms with Crippen molar-refractivity contribution in [1.82, 2.24) is 9.78 Å². The first-order valence-electron chi connectivity index (χ1n) is 5.56. The van der Waals surface area contributed by atoms with Crippen molar-refractivity contribution in [1.29, 1.82) is 5.41 Å². The van der Waals surface area contributed by atoms with Gasteiger partial charge in [0.15, 0.2) is 0 Å². The average Bonchev–Trinajstić information content (AvgIpc) is 2.64. The van der Waals surface area contributed by atoms with Crippen LogP contribution in [0.25, 0.3) is 0 Å². The fourth-order valence-electron chi connectivity index (χ4n) is 1.91. The number of aryl methyl sites for hydroxylation is 1. The van der Waals surface area contributed by atoms with Gasteiger partial charge in [-0.1, -0.05) is 5.92 Å². The van der Waals surface area contributed by atoms with Gasteiger partial charge in [0, 0.05) is 32.2 Å². The topological polar surface area (TPSA) is 50.9 Å². The first-order valence-corrected chi connectivity index (χ1v) is 5.56. The molecular weight excluding hydrogens is 214 g/mol. The molecule has 0 atom stereocenters. The quantitative estimate of drug-likeness (QED) is 0.623. The van der Waals surface area contributed by atoms with Gasteiger partial charge in [-0.3, -0.25) is 10.1 Å². The number of hydrogen-bond acceptors (Lipinski definition) is 3. The summed E-state index contributed by atoms with van der Waals surface area (Å²) in [6.07, 6.45) is 10.4. The Balaban J connectivity index is 0.00000162. The van der Waals surface area contributed by atoms with Crippen LogP contribution in [-0.4, -0.2) is 28.7 Å². The monoisotopic (exact) mass is 231 g/mol. The molecule has 2 rings (SSSR count). The van der Waals surface area contributed by atoms with Crippen molar-refractivity contribution in [3.8, 4) is 12.3 Å². The van der Waals surface area contributed by atoms with Crippen LogP contribution in [-0.2, 0) is 11.8 Å². The van der Waals surface area contributed by atoms with Crippen molar-refractivity contribution in [3.63, 3.8) is 0 Å². The number of ether oxygens (including phenoxy) is 1. The van der Waals surface area contributed by atoms with Crippen molar-refractivity contribution in [3.05, 3.63) is 29.1 Å². The van der Waals surface area contributed by atoms with Crippen LogP contribution in [0.4, 0.5) is 0 Å². The molecule has 90 valence electrons. The fraction of sp³-hybridized carbons (Fsp3) is 0.385. The zero-order valence-corrected chi connectivity index (χ0v) is 9.86. The molecule has 17 heavy (non-hydrogen) atoms. The predicted molar refractivity (Wildman–Crippen MR) is 68.1 cm³/mol. The lowest BCUT2D eigenvalue weighted by Gasteiger charge is -2.07. The zero-order valence-electron chi connectivity index (χ0n) is 9.86. The summed E-state index contributed by atoms with van der Waals surface area (Å²) in [5, 5.41) is 12.3. The molecule has 0 spiro atoms. The Morgan fingerprint density at radius 2 is 2.35 bits per heavy atom. The van der Waals surface area contributed by atoms with E-state index in [0.29, 0.717) is 31.8 Å².